The van der Waals surface area contributed by atoms with Crippen molar-refractivity contribution in [1.82, 2.24) is 4.57 Å². The molecule has 0 saturated heterocycles. The van der Waals surface area contributed by atoms with E-state index in [1.54, 1.807) is 6.07 Å². The van der Waals surface area contributed by atoms with Gasteiger partial charge in [-0.15, -0.1) is 0 Å². The smallest absolute Gasteiger partial charge is 0.341 e. The summed E-state index contributed by atoms with van der Waals surface area (Å²) in [6.07, 6.45) is 0.743. The van der Waals surface area contributed by atoms with E-state index >= 15 is 0 Å². The topological polar surface area (TPSA) is 68.5 Å². The summed E-state index contributed by atoms with van der Waals surface area (Å²) in [6.45, 7) is 4.93. The molecule has 0 spiro atoms. The van der Waals surface area contributed by atoms with Crippen LogP contribution in [0.5, 0.6) is 5.75 Å². The van der Waals surface area contributed by atoms with Crippen LogP contribution < -0.4 is 10.3 Å². The first kappa shape index (κ1) is 15.8. The molecular formula is C17H19NO4. The molecule has 0 aliphatic carbocycles. The fourth-order valence-electron chi connectivity index (χ4n) is 2.33. The Morgan fingerprint density at radius 2 is 1.82 bits per heavy atom. The van der Waals surface area contributed by atoms with Gasteiger partial charge in [0.1, 0.15) is 11.3 Å². The average molecular weight is 301 g/mol. The van der Waals surface area contributed by atoms with E-state index in [0.717, 1.165) is 17.7 Å². The van der Waals surface area contributed by atoms with Crippen molar-refractivity contribution in [2.75, 3.05) is 6.61 Å². The van der Waals surface area contributed by atoms with Crippen LogP contribution in [0, 0.1) is 0 Å². The van der Waals surface area contributed by atoms with Gasteiger partial charge < -0.3 is 14.4 Å². The van der Waals surface area contributed by atoms with Gasteiger partial charge in [-0.25, -0.2) is 4.79 Å². The molecule has 0 radical (unpaired) electrons. The number of aromatic carboxylic acids is 1. The van der Waals surface area contributed by atoms with Gasteiger partial charge >= 0.3 is 5.97 Å². The van der Waals surface area contributed by atoms with Crippen molar-refractivity contribution in [3.8, 4) is 17.0 Å². The molecule has 0 amide bonds. The third kappa shape index (κ3) is 3.19. The van der Waals surface area contributed by atoms with Gasteiger partial charge in [-0.3, -0.25) is 4.79 Å². The molecule has 0 atom stereocenters. The first-order chi connectivity index (χ1) is 10.6. The molecule has 1 heterocycles. The van der Waals surface area contributed by atoms with Crippen LogP contribution in [0.15, 0.2) is 41.2 Å². The van der Waals surface area contributed by atoms with E-state index in [1.165, 1.54) is 10.6 Å². The molecule has 0 fully saturated rings. The van der Waals surface area contributed by atoms with Crippen molar-refractivity contribution in [2.45, 2.75) is 26.8 Å². The number of nitrogens with zero attached hydrogens (tertiary/aromatic N) is 1. The number of hydrogen-bond acceptors (Lipinski definition) is 3. The maximum Gasteiger partial charge on any atom is 0.341 e. The average Bonchev–Trinajstić information content (AvgIpc) is 2.50. The van der Waals surface area contributed by atoms with Gasteiger partial charge in [0.25, 0.3) is 5.56 Å². The first-order valence-electron chi connectivity index (χ1n) is 7.28. The zero-order valence-corrected chi connectivity index (χ0v) is 12.7. The van der Waals surface area contributed by atoms with Crippen LogP contribution in [0.3, 0.4) is 0 Å². The van der Waals surface area contributed by atoms with E-state index in [4.69, 9.17) is 9.84 Å². The summed E-state index contributed by atoms with van der Waals surface area (Å²) < 4.78 is 6.92. The summed E-state index contributed by atoms with van der Waals surface area (Å²) in [4.78, 5) is 23.4. The fraction of sp³-hybridized carbons (Fsp3) is 0.294. The van der Waals surface area contributed by atoms with Gasteiger partial charge in [0.05, 0.1) is 12.3 Å². The van der Waals surface area contributed by atoms with Crippen LogP contribution in [0.2, 0.25) is 0 Å². The lowest BCUT2D eigenvalue weighted by Gasteiger charge is -2.13. The zero-order valence-electron chi connectivity index (χ0n) is 12.7. The van der Waals surface area contributed by atoms with E-state index in [1.807, 2.05) is 38.1 Å². The van der Waals surface area contributed by atoms with Crippen LogP contribution in [0.25, 0.3) is 11.3 Å². The Bertz CT molecular complexity index is 716. The maximum atomic E-state index is 12.3. The Balaban J connectivity index is 2.52. The monoisotopic (exact) mass is 301 g/mol. The molecule has 5 heteroatoms. The van der Waals surface area contributed by atoms with Crippen LogP contribution in [-0.2, 0) is 6.54 Å². The molecule has 0 bridgehead atoms. The van der Waals surface area contributed by atoms with E-state index < -0.39 is 11.5 Å². The highest BCUT2D eigenvalue weighted by Crippen LogP contribution is 2.22. The minimum Gasteiger partial charge on any atom is -0.494 e. The Kier molecular flexibility index (Phi) is 4.99. The second-order valence-electron chi connectivity index (χ2n) is 4.85. The predicted molar refractivity (Wildman–Crippen MR) is 84.6 cm³/mol. The number of pyridine rings is 1. The van der Waals surface area contributed by atoms with Crippen molar-refractivity contribution >= 4 is 5.97 Å². The second-order valence-corrected chi connectivity index (χ2v) is 4.85. The quantitative estimate of drug-likeness (QED) is 0.890. The largest absolute Gasteiger partial charge is 0.494 e. The van der Waals surface area contributed by atoms with Crippen molar-refractivity contribution in [3.63, 3.8) is 0 Å². The Hall–Kier alpha value is -2.56. The normalized spacial score (nSPS) is 10.5. The van der Waals surface area contributed by atoms with Crippen molar-refractivity contribution in [2.24, 2.45) is 0 Å². The summed E-state index contributed by atoms with van der Waals surface area (Å²) in [7, 11) is 0. The summed E-state index contributed by atoms with van der Waals surface area (Å²) in [5, 5.41) is 9.09. The molecular weight excluding hydrogens is 282 g/mol. The number of carboxylic acids is 1. The van der Waals surface area contributed by atoms with Gasteiger partial charge in [0, 0.05) is 6.54 Å². The van der Waals surface area contributed by atoms with Crippen LogP contribution >= 0.6 is 0 Å². The Morgan fingerprint density at radius 3 is 2.36 bits per heavy atom. The molecule has 1 aromatic heterocycles. The highest BCUT2D eigenvalue weighted by atomic mass is 16.5. The molecule has 5 nitrogen and oxygen atoms in total. The highest BCUT2D eigenvalue weighted by molar-refractivity contribution is 5.87. The number of ether oxygens (including phenoxy) is 1. The zero-order chi connectivity index (χ0) is 16.1. The first-order valence-corrected chi connectivity index (χ1v) is 7.28. The summed E-state index contributed by atoms with van der Waals surface area (Å²) >= 11 is 0. The third-order valence-electron chi connectivity index (χ3n) is 3.31. The molecule has 2 aromatic rings. The minimum absolute atomic E-state index is 0.205. The predicted octanol–water partition coefficient (Wildman–Crippen LogP) is 3.02. The standard InChI is InChI=1S/C17H19NO4/c1-3-11-18-15(10-9-14(16(18)19)17(20)21)12-5-7-13(8-6-12)22-4-2/h5-10H,3-4,11H2,1-2H3,(H,20,21). The van der Waals surface area contributed by atoms with Crippen LogP contribution in [-0.4, -0.2) is 22.2 Å². The molecule has 1 aromatic carbocycles. The van der Waals surface area contributed by atoms with Gasteiger partial charge in [0.15, 0.2) is 0 Å². The number of carboxylic acid groups (broad SMARTS) is 1. The molecule has 0 aliphatic rings. The lowest BCUT2D eigenvalue weighted by atomic mass is 10.1. The summed E-state index contributed by atoms with van der Waals surface area (Å²) in [5.74, 6) is -0.439. The third-order valence-corrected chi connectivity index (χ3v) is 3.31. The maximum absolute atomic E-state index is 12.3. The molecule has 22 heavy (non-hydrogen) atoms. The van der Waals surface area contributed by atoms with Crippen LogP contribution in [0.1, 0.15) is 30.6 Å². The van der Waals surface area contributed by atoms with E-state index in [2.05, 4.69) is 0 Å². The lowest BCUT2D eigenvalue weighted by Crippen LogP contribution is -2.27. The summed E-state index contributed by atoms with van der Waals surface area (Å²) in [6, 6.07) is 10.5. The van der Waals surface area contributed by atoms with Gasteiger partial charge in [0.2, 0.25) is 0 Å². The number of benzene rings is 1. The van der Waals surface area contributed by atoms with E-state index in [-0.39, 0.29) is 5.56 Å². The molecule has 0 unspecified atom stereocenters. The highest BCUT2D eigenvalue weighted by Gasteiger charge is 2.14. The Labute approximate surface area is 128 Å². The van der Waals surface area contributed by atoms with Crippen molar-refractivity contribution in [1.29, 1.82) is 0 Å². The number of carbonyl (C=O) groups is 1. The molecule has 116 valence electrons. The minimum atomic E-state index is -1.20. The SMILES string of the molecule is CCCn1c(-c2ccc(OCC)cc2)ccc(C(=O)O)c1=O. The van der Waals surface area contributed by atoms with Gasteiger partial charge in [-0.05, 0) is 55.3 Å². The van der Waals surface area contributed by atoms with Crippen molar-refractivity contribution < 1.29 is 14.6 Å². The fourth-order valence-corrected chi connectivity index (χ4v) is 2.33. The van der Waals surface area contributed by atoms with Gasteiger partial charge in [-0.1, -0.05) is 6.92 Å². The van der Waals surface area contributed by atoms with E-state index in [0.29, 0.717) is 18.8 Å². The number of aromatic nitrogens is 1. The second kappa shape index (κ2) is 6.93. The molecule has 0 aliphatic heterocycles. The molecule has 0 saturated carbocycles. The molecule has 2 rings (SSSR count). The number of rotatable bonds is 6. The van der Waals surface area contributed by atoms with Gasteiger partial charge in [-0.2, -0.15) is 0 Å². The lowest BCUT2D eigenvalue weighted by molar-refractivity contribution is 0.0694. The van der Waals surface area contributed by atoms with Crippen molar-refractivity contribution in [3.05, 3.63) is 52.3 Å². The molecule has 1 N–H and O–H groups in total. The van der Waals surface area contributed by atoms with E-state index in [9.17, 15) is 9.59 Å². The van der Waals surface area contributed by atoms with Crippen LogP contribution in [0.4, 0.5) is 0 Å². The number of hydrogen-bond donors (Lipinski definition) is 1. The summed E-state index contributed by atoms with van der Waals surface area (Å²) in [5.41, 5.74) is 0.884. The Morgan fingerprint density at radius 1 is 1.14 bits per heavy atom.